The Morgan fingerprint density at radius 3 is 2.93 bits per heavy atom. The fourth-order valence-electron chi connectivity index (χ4n) is 3.13. The van der Waals surface area contributed by atoms with Gasteiger partial charge < -0.3 is 20.9 Å². The Morgan fingerprint density at radius 2 is 2.23 bits per heavy atom. The minimum absolute atomic E-state index is 0. The number of nitrogens with one attached hydrogen (secondary N) is 3. The topological polar surface area (TPSA) is 94.5 Å². The van der Waals surface area contributed by atoms with Crippen molar-refractivity contribution in [3.63, 3.8) is 0 Å². The maximum absolute atomic E-state index is 12.1. The Morgan fingerprint density at radius 1 is 1.40 bits per heavy atom. The highest BCUT2D eigenvalue weighted by Gasteiger charge is 2.25. The van der Waals surface area contributed by atoms with Crippen molar-refractivity contribution in [1.82, 2.24) is 25.9 Å². The lowest BCUT2D eigenvalue weighted by atomic mass is 10.3. The molecule has 8 nitrogen and oxygen atoms in total. The van der Waals surface area contributed by atoms with E-state index in [1.807, 2.05) is 26.0 Å². The van der Waals surface area contributed by atoms with E-state index in [0.717, 1.165) is 43.5 Å². The smallest absolute Gasteiger partial charge is 0.263 e. The summed E-state index contributed by atoms with van der Waals surface area (Å²) >= 11 is 7.61. The maximum Gasteiger partial charge on any atom is 0.263 e. The van der Waals surface area contributed by atoms with Gasteiger partial charge in [-0.25, -0.2) is 9.97 Å². The second kappa shape index (κ2) is 12.3. The Labute approximate surface area is 202 Å². The predicted molar refractivity (Wildman–Crippen MR) is 134 cm³/mol. The fourth-order valence-corrected chi connectivity index (χ4v) is 4.09. The van der Waals surface area contributed by atoms with Gasteiger partial charge in [0.1, 0.15) is 10.7 Å². The first-order valence-electron chi connectivity index (χ1n) is 9.67. The molecular formula is C19H27ClIN7OS. The number of aliphatic imine (C=N–C) groups is 1. The van der Waals surface area contributed by atoms with Crippen molar-refractivity contribution >= 4 is 64.6 Å². The van der Waals surface area contributed by atoms with Crippen molar-refractivity contribution < 1.29 is 4.79 Å². The zero-order valence-electron chi connectivity index (χ0n) is 17.0. The molecule has 2 aromatic heterocycles. The van der Waals surface area contributed by atoms with Gasteiger partial charge in [0, 0.05) is 38.4 Å². The van der Waals surface area contributed by atoms with E-state index in [1.54, 1.807) is 11.7 Å². The van der Waals surface area contributed by atoms with Crippen LogP contribution in [0.1, 0.15) is 28.7 Å². The van der Waals surface area contributed by atoms with Crippen molar-refractivity contribution in [2.24, 2.45) is 4.99 Å². The monoisotopic (exact) mass is 563 g/mol. The second-order valence-corrected chi connectivity index (χ2v) is 7.93. The zero-order valence-corrected chi connectivity index (χ0v) is 20.9. The number of pyridine rings is 1. The second-order valence-electron chi connectivity index (χ2n) is 6.67. The molecule has 1 saturated heterocycles. The van der Waals surface area contributed by atoms with Crippen LogP contribution < -0.4 is 20.9 Å². The molecule has 0 spiro atoms. The number of amides is 1. The molecule has 30 heavy (non-hydrogen) atoms. The summed E-state index contributed by atoms with van der Waals surface area (Å²) in [5.74, 6) is 1.47. The highest BCUT2D eigenvalue weighted by molar-refractivity contribution is 14.0. The Hall–Kier alpha value is -1.66. The van der Waals surface area contributed by atoms with Crippen LogP contribution in [0.15, 0.2) is 28.8 Å². The van der Waals surface area contributed by atoms with Crippen molar-refractivity contribution in [3.8, 4) is 0 Å². The zero-order chi connectivity index (χ0) is 20.6. The van der Waals surface area contributed by atoms with Gasteiger partial charge in [0.25, 0.3) is 5.91 Å². The van der Waals surface area contributed by atoms with Crippen LogP contribution in [-0.4, -0.2) is 60.6 Å². The van der Waals surface area contributed by atoms with Crippen molar-refractivity contribution in [2.75, 3.05) is 37.6 Å². The molecule has 0 saturated carbocycles. The molecular weight excluding hydrogens is 537 g/mol. The number of guanidine groups is 1. The molecule has 11 heteroatoms. The third-order valence-electron chi connectivity index (χ3n) is 4.53. The van der Waals surface area contributed by atoms with Gasteiger partial charge in [-0.2, -0.15) is 0 Å². The Bertz CT molecular complexity index is 863. The van der Waals surface area contributed by atoms with Gasteiger partial charge in [0.2, 0.25) is 0 Å². The summed E-state index contributed by atoms with van der Waals surface area (Å²) in [5.41, 5.74) is 2.43. The number of thiazole rings is 1. The lowest BCUT2D eigenvalue weighted by Gasteiger charge is -2.20. The lowest BCUT2D eigenvalue weighted by Crippen LogP contribution is -2.45. The van der Waals surface area contributed by atoms with Gasteiger partial charge in [-0.15, -0.1) is 35.3 Å². The number of hydrogen-bond donors (Lipinski definition) is 3. The minimum Gasteiger partial charge on any atom is -0.357 e. The number of hydrogen-bond acceptors (Lipinski definition) is 6. The summed E-state index contributed by atoms with van der Waals surface area (Å²) in [6.45, 7) is 7.27. The highest BCUT2D eigenvalue weighted by Crippen LogP contribution is 2.25. The van der Waals surface area contributed by atoms with Gasteiger partial charge >= 0.3 is 0 Å². The number of nitrogens with zero attached hydrogens (tertiary/aromatic N) is 4. The molecule has 0 aromatic carbocycles. The van der Waals surface area contributed by atoms with Crippen LogP contribution >= 0.6 is 46.9 Å². The molecule has 1 unspecified atom stereocenters. The number of rotatable bonds is 7. The van der Waals surface area contributed by atoms with E-state index in [1.165, 1.54) is 11.3 Å². The average molecular weight is 564 g/mol. The average Bonchev–Trinajstić information content (AvgIpc) is 3.34. The quantitative estimate of drug-likeness (QED) is 0.208. The highest BCUT2D eigenvalue weighted by atomic mass is 127. The van der Waals surface area contributed by atoms with Gasteiger partial charge in [0.05, 0.1) is 22.8 Å². The number of halogens is 2. The molecule has 1 amide bonds. The van der Waals surface area contributed by atoms with Gasteiger partial charge in [-0.05, 0) is 32.4 Å². The van der Waals surface area contributed by atoms with Crippen LogP contribution in [0.4, 0.5) is 5.82 Å². The van der Waals surface area contributed by atoms with Gasteiger partial charge in [-0.3, -0.25) is 9.79 Å². The normalized spacial score (nSPS) is 16.2. The number of aromatic nitrogens is 2. The molecule has 2 aromatic rings. The number of anilines is 1. The van der Waals surface area contributed by atoms with Crippen LogP contribution in [0.25, 0.3) is 0 Å². The predicted octanol–water partition coefficient (Wildman–Crippen LogP) is 2.68. The molecule has 0 bridgehead atoms. The summed E-state index contributed by atoms with van der Waals surface area (Å²) in [4.78, 5) is 28.0. The standard InChI is InChI=1S/C19H26ClN7OS.HI/c1-3-21-19(24-9-8-23-18(28)16-13(2)25-12-29-16)26-14-6-10-27(11-14)17-15(20)5-4-7-22-17;/h4-5,7,12,14H,3,6,8-11H2,1-2H3,(H,23,28)(H2,21,24,26);1H. The van der Waals surface area contributed by atoms with Crippen LogP contribution in [0.5, 0.6) is 0 Å². The summed E-state index contributed by atoms with van der Waals surface area (Å²) < 4.78 is 0. The van der Waals surface area contributed by atoms with Crippen molar-refractivity contribution in [2.45, 2.75) is 26.3 Å². The summed E-state index contributed by atoms with van der Waals surface area (Å²) in [6, 6.07) is 3.95. The Kier molecular flexibility index (Phi) is 10.1. The Balaban J connectivity index is 0.00000320. The van der Waals surface area contributed by atoms with Crippen LogP contribution in [-0.2, 0) is 0 Å². The molecule has 1 fully saturated rings. The SMILES string of the molecule is CCNC(=NCCNC(=O)c1scnc1C)NC1CCN(c2ncccc2Cl)C1.I. The van der Waals surface area contributed by atoms with E-state index >= 15 is 0 Å². The molecule has 3 heterocycles. The van der Waals surface area contributed by atoms with Crippen LogP contribution in [0.3, 0.4) is 0 Å². The maximum atomic E-state index is 12.1. The largest absolute Gasteiger partial charge is 0.357 e. The molecule has 3 N–H and O–H groups in total. The molecule has 3 rings (SSSR count). The molecule has 1 atom stereocenters. The van der Waals surface area contributed by atoms with E-state index < -0.39 is 0 Å². The lowest BCUT2D eigenvalue weighted by molar-refractivity contribution is 0.0958. The fraction of sp³-hybridized carbons (Fsp3) is 0.474. The third kappa shape index (κ3) is 6.67. The van der Waals surface area contributed by atoms with Crippen LogP contribution in [0, 0.1) is 6.92 Å². The summed E-state index contributed by atoms with van der Waals surface area (Å²) in [6.07, 6.45) is 2.73. The molecule has 0 radical (unpaired) electrons. The molecule has 164 valence electrons. The third-order valence-corrected chi connectivity index (χ3v) is 5.75. The molecule has 1 aliphatic heterocycles. The first-order valence-corrected chi connectivity index (χ1v) is 10.9. The van der Waals surface area contributed by atoms with E-state index in [0.29, 0.717) is 23.0 Å². The van der Waals surface area contributed by atoms with Gasteiger partial charge in [-0.1, -0.05) is 11.6 Å². The number of carbonyl (C=O) groups excluding carboxylic acids is 1. The van der Waals surface area contributed by atoms with E-state index in [2.05, 4.69) is 35.8 Å². The molecule has 1 aliphatic rings. The molecule has 0 aliphatic carbocycles. The number of carbonyl (C=O) groups is 1. The van der Waals surface area contributed by atoms with Crippen molar-refractivity contribution in [3.05, 3.63) is 39.4 Å². The minimum atomic E-state index is -0.100. The van der Waals surface area contributed by atoms with Crippen LogP contribution in [0.2, 0.25) is 5.02 Å². The summed E-state index contributed by atoms with van der Waals surface area (Å²) in [7, 11) is 0. The number of aryl methyl sites for hydroxylation is 1. The first-order chi connectivity index (χ1) is 14.1. The van der Waals surface area contributed by atoms with E-state index in [4.69, 9.17) is 11.6 Å². The summed E-state index contributed by atoms with van der Waals surface area (Å²) in [5, 5.41) is 10.3. The van der Waals surface area contributed by atoms with E-state index in [-0.39, 0.29) is 35.9 Å². The van der Waals surface area contributed by atoms with E-state index in [9.17, 15) is 4.79 Å². The van der Waals surface area contributed by atoms with Crippen molar-refractivity contribution in [1.29, 1.82) is 0 Å². The first kappa shape index (κ1) is 24.6. The van der Waals surface area contributed by atoms with Gasteiger partial charge in [0.15, 0.2) is 5.96 Å².